The Morgan fingerprint density at radius 3 is 3.06 bits per heavy atom. The lowest BCUT2D eigenvalue weighted by Crippen LogP contribution is -2.19. The average Bonchev–Trinajstić information content (AvgIpc) is 2.82. The van der Waals surface area contributed by atoms with Gasteiger partial charge in [0, 0.05) is 18.8 Å². The fraction of sp³-hybridized carbons (Fsp3) is 0.571. The molecule has 3 nitrogen and oxygen atoms in total. The summed E-state index contributed by atoms with van der Waals surface area (Å²) in [6, 6.07) is 6.26. The van der Waals surface area contributed by atoms with Crippen molar-refractivity contribution in [2.45, 2.75) is 38.8 Å². The van der Waals surface area contributed by atoms with Crippen LogP contribution >= 0.6 is 0 Å². The molecule has 94 valence electrons. The van der Waals surface area contributed by atoms with E-state index in [0.717, 1.165) is 37.4 Å². The molecule has 0 radical (unpaired) electrons. The van der Waals surface area contributed by atoms with E-state index in [9.17, 15) is 0 Å². The van der Waals surface area contributed by atoms with Gasteiger partial charge in [0.25, 0.3) is 0 Å². The molecule has 0 aromatic heterocycles. The van der Waals surface area contributed by atoms with Gasteiger partial charge in [-0.05, 0) is 49.9 Å². The number of nitrogens with one attached hydrogen (secondary N) is 1. The number of ether oxygens (including phenoxy) is 1. The van der Waals surface area contributed by atoms with E-state index in [4.69, 9.17) is 10.5 Å². The van der Waals surface area contributed by atoms with E-state index < -0.39 is 0 Å². The number of nitrogen functional groups attached to an aromatic ring is 1. The van der Waals surface area contributed by atoms with Crippen LogP contribution in [0.25, 0.3) is 0 Å². The monoisotopic (exact) mass is 234 g/mol. The minimum absolute atomic E-state index is 0.477. The molecule has 0 aliphatic carbocycles. The van der Waals surface area contributed by atoms with Crippen LogP contribution in [0.5, 0.6) is 0 Å². The summed E-state index contributed by atoms with van der Waals surface area (Å²) in [7, 11) is 0. The molecule has 1 heterocycles. The topological polar surface area (TPSA) is 47.3 Å². The van der Waals surface area contributed by atoms with Gasteiger partial charge < -0.3 is 15.8 Å². The third-order valence-corrected chi connectivity index (χ3v) is 3.34. The Bertz CT molecular complexity index is 359. The van der Waals surface area contributed by atoms with Gasteiger partial charge in [-0.1, -0.05) is 12.1 Å². The fourth-order valence-corrected chi connectivity index (χ4v) is 2.17. The Morgan fingerprint density at radius 2 is 2.35 bits per heavy atom. The Morgan fingerprint density at radius 1 is 1.47 bits per heavy atom. The first-order chi connectivity index (χ1) is 8.25. The highest BCUT2D eigenvalue weighted by Gasteiger charge is 2.14. The maximum atomic E-state index is 5.88. The van der Waals surface area contributed by atoms with E-state index >= 15 is 0 Å². The average molecular weight is 234 g/mol. The molecule has 2 rings (SSSR count). The lowest BCUT2D eigenvalue weighted by Gasteiger charge is -2.10. The Kier molecular flexibility index (Phi) is 4.40. The molecule has 17 heavy (non-hydrogen) atoms. The molecular weight excluding hydrogens is 212 g/mol. The van der Waals surface area contributed by atoms with Crippen LogP contribution < -0.4 is 11.1 Å². The molecule has 1 aromatic rings. The second kappa shape index (κ2) is 6.03. The Labute approximate surface area is 103 Å². The second-order valence-corrected chi connectivity index (χ2v) is 4.79. The predicted octanol–water partition coefficient (Wildman–Crippen LogP) is 2.24. The van der Waals surface area contributed by atoms with Crippen molar-refractivity contribution < 1.29 is 4.74 Å². The van der Waals surface area contributed by atoms with Gasteiger partial charge in [0.2, 0.25) is 0 Å². The number of nitrogens with two attached hydrogens (primary N) is 1. The quantitative estimate of drug-likeness (QED) is 0.606. The molecular formula is C14H22N2O. The van der Waals surface area contributed by atoms with Crippen molar-refractivity contribution in [3.63, 3.8) is 0 Å². The van der Waals surface area contributed by atoms with Crippen molar-refractivity contribution in [3.05, 3.63) is 29.3 Å². The zero-order valence-corrected chi connectivity index (χ0v) is 10.5. The molecule has 0 amide bonds. The van der Waals surface area contributed by atoms with Crippen molar-refractivity contribution in [2.75, 3.05) is 18.9 Å². The van der Waals surface area contributed by atoms with Gasteiger partial charge in [0.15, 0.2) is 0 Å². The van der Waals surface area contributed by atoms with Crippen LogP contribution in [-0.2, 0) is 11.3 Å². The highest BCUT2D eigenvalue weighted by molar-refractivity contribution is 5.48. The van der Waals surface area contributed by atoms with Crippen LogP contribution in [0.1, 0.15) is 30.4 Å². The third-order valence-electron chi connectivity index (χ3n) is 3.34. The number of benzene rings is 1. The largest absolute Gasteiger partial charge is 0.399 e. The van der Waals surface area contributed by atoms with E-state index in [1.54, 1.807) is 0 Å². The van der Waals surface area contributed by atoms with Gasteiger partial charge in [-0.15, -0.1) is 0 Å². The van der Waals surface area contributed by atoms with E-state index in [-0.39, 0.29) is 0 Å². The summed E-state index contributed by atoms with van der Waals surface area (Å²) in [5.41, 5.74) is 9.15. The van der Waals surface area contributed by atoms with Gasteiger partial charge in [-0.2, -0.15) is 0 Å². The van der Waals surface area contributed by atoms with Crippen molar-refractivity contribution in [1.82, 2.24) is 5.32 Å². The van der Waals surface area contributed by atoms with Crippen LogP contribution in [0, 0.1) is 6.92 Å². The standard InChI is InChI=1S/C14H22N2O/c1-11-4-5-12(9-14(11)15)10-16-7-6-13-3-2-8-17-13/h4-5,9,13,16H,2-3,6-8,10,15H2,1H3. The first kappa shape index (κ1) is 12.4. The Balaban J connectivity index is 1.68. The summed E-state index contributed by atoms with van der Waals surface area (Å²) in [6.45, 7) is 4.87. The van der Waals surface area contributed by atoms with Crippen LogP contribution in [-0.4, -0.2) is 19.3 Å². The molecule has 3 N–H and O–H groups in total. The van der Waals surface area contributed by atoms with Crippen LogP contribution in [0.15, 0.2) is 18.2 Å². The molecule has 1 fully saturated rings. The molecule has 0 spiro atoms. The normalized spacial score (nSPS) is 19.7. The van der Waals surface area contributed by atoms with Crippen molar-refractivity contribution in [2.24, 2.45) is 0 Å². The summed E-state index contributed by atoms with van der Waals surface area (Å²) < 4.78 is 5.58. The lowest BCUT2D eigenvalue weighted by molar-refractivity contribution is 0.104. The van der Waals surface area contributed by atoms with Gasteiger partial charge in [0.05, 0.1) is 6.10 Å². The van der Waals surface area contributed by atoms with E-state index in [2.05, 4.69) is 23.5 Å². The lowest BCUT2D eigenvalue weighted by atomic mass is 10.1. The zero-order chi connectivity index (χ0) is 12.1. The fourth-order valence-electron chi connectivity index (χ4n) is 2.17. The summed E-state index contributed by atoms with van der Waals surface area (Å²) >= 11 is 0. The highest BCUT2D eigenvalue weighted by Crippen LogP contribution is 2.15. The van der Waals surface area contributed by atoms with Crippen molar-refractivity contribution in [1.29, 1.82) is 0 Å². The van der Waals surface area contributed by atoms with Crippen LogP contribution in [0.4, 0.5) is 5.69 Å². The van der Waals surface area contributed by atoms with Gasteiger partial charge >= 0.3 is 0 Å². The molecule has 1 aromatic carbocycles. The second-order valence-electron chi connectivity index (χ2n) is 4.79. The van der Waals surface area contributed by atoms with Crippen LogP contribution in [0.3, 0.4) is 0 Å². The molecule has 1 saturated heterocycles. The third kappa shape index (κ3) is 3.72. The summed E-state index contributed by atoms with van der Waals surface area (Å²) in [4.78, 5) is 0. The first-order valence-corrected chi connectivity index (χ1v) is 6.43. The SMILES string of the molecule is Cc1ccc(CNCCC2CCCO2)cc1N. The minimum Gasteiger partial charge on any atom is -0.399 e. The summed E-state index contributed by atoms with van der Waals surface area (Å²) in [5, 5.41) is 3.44. The molecule has 1 aliphatic heterocycles. The van der Waals surface area contributed by atoms with E-state index in [1.807, 2.05) is 6.92 Å². The van der Waals surface area contributed by atoms with Crippen LogP contribution in [0.2, 0.25) is 0 Å². The van der Waals surface area contributed by atoms with Gasteiger partial charge in [0.1, 0.15) is 0 Å². The summed E-state index contributed by atoms with van der Waals surface area (Å²) in [6.07, 6.45) is 4.03. The highest BCUT2D eigenvalue weighted by atomic mass is 16.5. The predicted molar refractivity (Wildman–Crippen MR) is 70.9 cm³/mol. The smallest absolute Gasteiger partial charge is 0.0588 e. The van der Waals surface area contributed by atoms with E-state index in [1.165, 1.54) is 18.4 Å². The number of hydrogen-bond donors (Lipinski definition) is 2. The Hall–Kier alpha value is -1.06. The maximum absolute atomic E-state index is 5.88. The molecule has 3 heteroatoms. The van der Waals surface area contributed by atoms with Crippen molar-refractivity contribution in [3.8, 4) is 0 Å². The minimum atomic E-state index is 0.477. The number of rotatable bonds is 5. The van der Waals surface area contributed by atoms with E-state index in [0.29, 0.717) is 6.10 Å². The molecule has 1 unspecified atom stereocenters. The number of anilines is 1. The summed E-state index contributed by atoms with van der Waals surface area (Å²) in [5.74, 6) is 0. The van der Waals surface area contributed by atoms with Gasteiger partial charge in [-0.25, -0.2) is 0 Å². The molecule has 0 saturated carbocycles. The zero-order valence-electron chi connectivity index (χ0n) is 10.5. The molecule has 0 bridgehead atoms. The number of hydrogen-bond acceptors (Lipinski definition) is 3. The maximum Gasteiger partial charge on any atom is 0.0588 e. The number of aryl methyl sites for hydroxylation is 1. The molecule has 1 aliphatic rings. The van der Waals surface area contributed by atoms with Gasteiger partial charge in [-0.3, -0.25) is 0 Å². The van der Waals surface area contributed by atoms with Crippen molar-refractivity contribution >= 4 is 5.69 Å². The first-order valence-electron chi connectivity index (χ1n) is 6.43. The molecule has 1 atom stereocenters.